The highest BCUT2D eigenvalue weighted by Gasteiger charge is 2.41. The molecule has 0 aromatic carbocycles. The van der Waals surface area contributed by atoms with Crippen LogP contribution in [-0.2, 0) is 16.1 Å². The van der Waals surface area contributed by atoms with Gasteiger partial charge in [0, 0.05) is 44.4 Å². The second kappa shape index (κ2) is 12.7. The lowest BCUT2D eigenvalue weighted by molar-refractivity contribution is -0.193. The van der Waals surface area contributed by atoms with E-state index in [0.717, 1.165) is 25.6 Å². The monoisotopic (exact) mass is 537 g/mol. The molecular weight excluding hydrogens is 512 g/mol. The fourth-order valence-corrected chi connectivity index (χ4v) is 3.90. The Bertz CT molecular complexity index is 976. The predicted molar refractivity (Wildman–Crippen MR) is 117 cm³/mol. The number of carbonyl (C=O) groups is 2. The number of aliphatic carboxylic acids is 2. The normalized spacial score (nSPS) is 17.3. The van der Waals surface area contributed by atoms with Crippen LogP contribution in [0.15, 0.2) is 43.0 Å². The number of piperidine rings is 1. The van der Waals surface area contributed by atoms with E-state index in [0.29, 0.717) is 5.41 Å². The minimum Gasteiger partial charge on any atom is -0.475 e. The SMILES string of the molecule is O=C(O)C(F)(F)F.O=C(O)C(F)(F)F.c1cnc(N2CCC3(CCN(Cc4cccnc4)CC3)C2)nc1. The van der Waals surface area contributed by atoms with Crippen molar-refractivity contribution < 1.29 is 46.1 Å². The number of hydrogen-bond donors (Lipinski definition) is 2. The summed E-state index contributed by atoms with van der Waals surface area (Å²) in [5, 5.41) is 14.2. The first-order valence-corrected chi connectivity index (χ1v) is 11.0. The molecule has 2 aromatic rings. The lowest BCUT2D eigenvalue weighted by Crippen LogP contribution is -2.41. The maximum absolute atomic E-state index is 10.6. The van der Waals surface area contributed by atoms with E-state index in [1.54, 1.807) is 0 Å². The van der Waals surface area contributed by atoms with Gasteiger partial charge in [0.15, 0.2) is 0 Å². The molecule has 0 unspecified atom stereocenters. The molecule has 4 rings (SSSR count). The Morgan fingerprint density at radius 2 is 1.38 bits per heavy atom. The Labute approximate surface area is 207 Å². The van der Waals surface area contributed by atoms with Crippen LogP contribution in [0.25, 0.3) is 0 Å². The smallest absolute Gasteiger partial charge is 0.475 e. The molecule has 204 valence electrons. The number of halogens is 6. The molecule has 1 spiro atoms. The summed E-state index contributed by atoms with van der Waals surface area (Å²) in [6.45, 7) is 5.58. The molecule has 0 amide bonds. The molecule has 15 heteroatoms. The summed E-state index contributed by atoms with van der Waals surface area (Å²) in [5.74, 6) is -4.62. The van der Waals surface area contributed by atoms with E-state index in [-0.39, 0.29) is 0 Å². The summed E-state index contributed by atoms with van der Waals surface area (Å²) in [7, 11) is 0. The summed E-state index contributed by atoms with van der Waals surface area (Å²) in [4.78, 5) is 35.7. The Balaban J connectivity index is 0.000000286. The molecule has 2 saturated heterocycles. The number of likely N-dealkylation sites (tertiary alicyclic amines) is 1. The van der Waals surface area contributed by atoms with E-state index in [4.69, 9.17) is 19.8 Å². The van der Waals surface area contributed by atoms with Crippen LogP contribution in [0.2, 0.25) is 0 Å². The summed E-state index contributed by atoms with van der Waals surface area (Å²) >= 11 is 0. The van der Waals surface area contributed by atoms with Crippen molar-refractivity contribution in [3.63, 3.8) is 0 Å². The van der Waals surface area contributed by atoms with E-state index in [2.05, 4.69) is 30.8 Å². The highest BCUT2D eigenvalue weighted by molar-refractivity contribution is 5.73. The number of aromatic nitrogens is 3. The highest BCUT2D eigenvalue weighted by Crippen LogP contribution is 2.41. The zero-order valence-electron chi connectivity index (χ0n) is 19.4. The van der Waals surface area contributed by atoms with Crippen molar-refractivity contribution in [1.82, 2.24) is 19.9 Å². The predicted octanol–water partition coefficient (Wildman–Crippen LogP) is 3.63. The number of hydrogen-bond acceptors (Lipinski definition) is 7. The van der Waals surface area contributed by atoms with Crippen LogP contribution in [0.5, 0.6) is 0 Å². The molecule has 2 N–H and O–H groups in total. The number of rotatable bonds is 3. The quantitative estimate of drug-likeness (QED) is 0.566. The van der Waals surface area contributed by atoms with Crippen LogP contribution in [0.4, 0.5) is 32.3 Å². The number of pyridine rings is 1. The Kier molecular flexibility index (Phi) is 10.2. The average molecular weight is 537 g/mol. The molecule has 0 radical (unpaired) electrons. The van der Waals surface area contributed by atoms with E-state index in [9.17, 15) is 26.3 Å². The molecule has 2 fully saturated rings. The van der Waals surface area contributed by atoms with Gasteiger partial charge in [-0.3, -0.25) is 9.88 Å². The standard InChI is InChI=1S/C18H23N5.2C2HF3O2/c1-3-16(13-19-7-1)14-22-10-4-18(5-11-22)6-12-23(15-18)17-20-8-2-9-21-17;2*3-2(4,5)1(6)7/h1-3,7-9,13H,4-6,10-12,14-15H2;2*(H,6,7). The van der Waals surface area contributed by atoms with Gasteiger partial charge in [0.2, 0.25) is 5.95 Å². The van der Waals surface area contributed by atoms with Gasteiger partial charge < -0.3 is 15.1 Å². The molecule has 9 nitrogen and oxygen atoms in total. The molecule has 0 atom stereocenters. The van der Waals surface area contributed by atoms with Crippen LogP contribution in [0, 0.1) is 5.41 Å². The Hall–Kier alpha value is -3.49. The number of carboxylic acids is 2. The maximum atomic E-state index is 10.6. The molecule has 2 aromatic heterocycles. The zero-order valence-corrected chi connectivity index (χ0v) is 19.4. The van der Waals surface area contributed by atoms with Gasteiger partial charge in [0.25, 0.3) is 0 Å². The molecule has 0 aliphatic carbocycles. The lowest BCUT2D eigenvalue weighted by atomic mass is 9.78. The van der Waals surface area contributed by atoms with Crippen molar-refractivity contribution in [3.05, 3.63) is 48.5 Å². The van der Waals surface area contributed by atoms with Gasteiger partial charge in [-0.25, -0.2) is 19.6 Å². The average Bonchev–Trinajstić information content (AvgIpc) is 3.25. The number of nitrogens with zero attached hydrogens (tertiary/aromatic N) is 5. The van der Waals surface area contributed by atoms with Crippen LogP contribution >= 0.6 is 0 Å². The first-order chi connectivity index (χ1) is 17.2. The Morgan fingerprint density at radius 1 is 0.865 bits per heavy atom. The summed E-state index contributed by atoms with van der Waals surface area (Å²) < 4.78 is 63.5. The maximum Gasteiger partial charge on any atom is 0.490 e. The second-order valence-corrected chi connectivity index (χ2v) is 8.46. The van der Waals surface area contributed by atoms with Crippen molar-refractivity contribution in [3.8, 4) is 0 Å². The van der Waals surface area contributed by atoms with Crippen molar-refractivity contribution >= 4 is 17.9 Å². The Morgan fingerprint density at radius 3 is 1.84 bits per heavy atom. The van der Waals surface area contributed by atoms with Gasteiger partial charge >= 0.3 is 24.3 Å². The molecule has 2 aliphatic rings. The van der Waals surface area contributed by atoms with E-state index in [1.807, 2.05) is 36.9 Å². The molecule has 0 saturated carbocycles. The third kappa shape index (κ3) is 9.82. The van der Waals surface area contributed by atoms with Crippen LogP contribution in [-0.4, -0.2) is 80.5 Å². The first kappa shape index (κ1) is 29.7. The van der Waals surface area contributed by atoms with Crippen LogP contribution in [0.3, 0.4) is 0 Å². The summed E-state index contributed by atoms with van der Waals surface area (Å²) in [5.41, 5.74) is 1.78. The fourth-order valence-electron chi connectivity index (χ4n) is 3.90. The highest BCUT2D eigenvalue weighted by atomic mass is 19.4. The minimum atomic E-state index is -5.08. The van der Waals surface area contributed by atoms with E-state index < -0.39 is 24.3 Å². The third-order valence-electron chi connectivity index (χ3n) is 5.80. The fraction of sp³-hybridized carbons (Fsp3) is 0.500. The topological polar surface area (TPSA) is 120 Å². The number of anilines is 1. The van der Waals surface area contributed by atoms with Crippen LogP contribution < -0.4 is 4.90 Å². The molecular formula is C22H25F6N5O4. The van der Waals surface area contributed by atoms with E-state index >= 15 is 0 Å². The van der Waals surface area contributed by atoms with Crippen molar-refractivity contribution in [1.29, 1.82) is 0 Å². The first-order valence-electron chi connectivity index (χ1n) is 11.0. The van der Waals surface area contributed by atoms with E-state index in [1.165, 1.54) is 37.9 Å². The zero-order chi connectivity index (χ0) is 27.7. The molecule has 37 heavy (non-hydrogen) atoms. The van der Waals surface area contributed by atoms with Gasteiger partial charge in [-0.2, -0.15) is 26.3 Å². The summed E-state index contributed by atoms with van der Waals surface area (Å²) in [6.07, 6.45) is 1.15. The van der Waals surface area contributed by atoms with Gasteiger partial charge in [-0.1, -0.05) is 6.07 Å². The van der Waals surface area contributed by atoms with Crippen LogP contribution in [0.1, 0.15) is 24.8 Å². The largest absolute Gasteiger partial charge is 0.490 e. The van der Waals surface area contributed by atoms with Gasteiger partial charge in [0.1, 0.15) is 0 Å². The molecule has 4 heterocycles. The number of carboxylic acid groups (broad SMARTS) is 2. The lowest BCUT2D eigenvalue weighted by Gasteiger charge is -2.39. The van der Waals surface area contributed by atoms with Crippen molar-refractivity contribution in [2.24, 2.45) is 5.41 Å². The summed E-state index contributed by atoms with van der Waals surface area (Å²) in [6, 6.07) is 6.07. The number of alkyl halides is 6. The molecule has 2 aliphatic heterocycles. The van der Waals surface area contributed by atoms with Gasteiger partial charge in [0.05, 0.1) is 0 Å². The minimum absolute atomic E-state index is 0.463. The van der Waals surface area contributed by atoms with Gasteiger partial charge in [-0.05, 0) is 55.5 Å². The van der Waals surface area contributed by atoms with Crippen molar-refractivity contribution in [2.45, 2.75) is 38.2 Å². The molecule has 0 bridgehead atoms. The van der Waals surface area contributed by atoms with Gasteiger partial charge in [-0.15, -0.1) is 0 Å². The van der Waals surface area contributed by atoms with Crippen molar-refractivity contribution in [2.75, 3.05) is 31.1 Å². The third-order valence-corrected chi connectivity index (χ3v) is 5.80. The second-order valence-electron chi connectivity index (χ2n) is 8.46.